The summed E-state index contributed by atoms with van der Waals surface area (Å²) in [5.41, 5.74) is 2.70. The van der Waals surface area contributed by atoms with Gasteiger partial charge in [-0.15, -0.1) is 13.2 Å². The second-order valence-electron chi connectivity index (χ2n) is 6.95. The molecular weight excluding hydrogens is 431 g/mol. The van der Waals surface area contributed by atoms with Crippen LogP contribution in [0.4, 0.5) is 24.5 Å². The van der Waals surface area contributed by atoms with Crippen LogP contribution < -0.4 is 14.8 Å². The quantitative estimate of drug-likeness (QED) is 0.341. The molecule has 0 unspecified atom stereocenters. The van der Waals surface area contributed by atoms with Crippen molar-refractivity contribution in [1.82, 2.24) is 4.98 Å². The minimum absolute atomic E-state index is 0.322. The molecule has 1 aliphatic heterocycles. The largest absolute Gasteiger partial charge is 0.573 e. The minimum atomic E-state index is -4.76. The van der Waals surface area contributed by atoms with E-state index in [1.807, 2.05) is 24.3 Å². The molecule has 0 N–H and O–H groups in total. The van der Waals surface area contributed by atoms with Crippen LogP contribution in [0.1, 0.15) is 0 Å². The van der Waals surface area contributed by atoms with Crippen molar-refractivity contribution in [3.8, 4) is 5.75 Å². The van der Waals surface area contributed by atoms with Gasteiger partial charge in [0.05, 0.1) is 17.1 Å². The van der Waals surface area contributed by atoms with Crippen LogP contribution in [0.15, 0.2) is 108 Å². The number of anilines is 2. The predicted octanol–water partition coefficient (Wildman–Crippen LogP) is 6.02. The lowest BCUT2D eigenvalue weighted by Crippen LogP contribution is -2.26. The predicted molar refractivity (Wildman–Crippen MR) is 124 cm³/mol. The first-order chi connectivity index (χ1) is 15.8. The molecule has 1 aromatic heterocycles. The Bertz CT molecular complexity index is 1290. The zero-order chi connectivity index (χ0) is 23.6. The molecule has 6 nitrogen and oxygen atoms in total. The van der Waals surface area contributed by atoms with Gasteiger partial charge in [-0.05, 0) is 48.0 Å². The van der Waals surface area contributed by atoms with Gasteiger partial charge in [-0.1, -0.05) is 25.3 Å². The van der Waals surface area contributed by atoms with Crippen LogP contribution in [0.25, 0.3) is 10.8 Å². The Morgan fingerprint density at radius 1 is 1.09 bits per heavy atom. The average Bonchev–Trinajstić information content (AvgIpc) is 2.79. The third kappa shape index (κ3) is 4.62. The van der Waals surface area contributed by atoms with E-state index in [1.54, 1.807) is 29.7 Å². The highest BCUT2D eigenvalue weighted by atomic mass is 19.4. The highest BCUT2D eigenvalue weighted by molar-refractivity contribution is 6.17. The van der Waals surface area contributed by atoms with Crippen molar-refractivity contribution in [2.45, 2.75) is 6.36 Å². The first-order valence-electron chi connectivity index (χ1n) is 9.67. The van der Waals surface area contributed by atoms with E-state index in [1.165, 1.54) is 29.3 Å². The summed E-state index contributed by atoms with van der Waals surface area (Å²) in [6.07, 6.45) is 2.04. The fourth-order valence-electron chi connectivity index (χ4n) is 3.33. The van der Waals surface area contributed by atoms with Gasteiger partial charge in [-0.3, -0.25) is 4.98 Å². The number of halogens is 3. The fraction of sp³-hybridized carbons (Fsp3) is 0.0417. The van der Waals surface area contributed by atoms with E-state index < -0.39 is 6.36 Å². The standard InChI is InChI=1S/C24H18F3N5O/c1-16-12-14-31(19-7-9-20(10-8-19)33-24(25,26)27)30-23(16)17(2)32(28-3)22-6-4-5-18-15-29-13-11-21(18)22/h4-15H,1-3H2. The number of allylic oxidation sites excluding steroid dienone is 2. The SMILES string of the molecule is C=NN(C(=C)C1=NN(c2ccc(OC(F)(F)F)cc2)C=CC1=C)c1cccc2cnccc12. The Labute approximate surface area is 187 Å². The highest BCUT2D eigenvalue weighted by Gasteiger charge is 2.31. The van der Waals surface area contributed by atoms with Gasteiger partial charge in [0.1, 0.15) is 11.5 Å². The topological polar surface area (TPSA) is 53.3 Å². The lowest BCUT2D eigenvalue weighted by atomic mass is 10.1. The number of rotatable bonds is 6. The number of alkyl halides is 3. The third-order valence-electron chi connectivity index (χ3n) is 4.82. The molecule has 9 heteroatoms. The summed E-state index contributed by atoms with van der Waals surface area (Å²) >= 11 is 0. The molecule has 0 amide bonds. The zero-order valence-corrected chi connectivity index (χ0v) is 17.3. The van der Waals surface area contributed by atoms with Crippen LogP contribution in [0.3, 0.4) is 0 Å². The lowest BCUT2D eigenvalue weighted by Gasteiger charge is -2.27. The monoisotopic (exact) mass is 449 g/mol. The minimum Gasteiger partial charge on any atom is -0.406 e. The normalized spacial score (nSPS) is 13.6. The van der Waals surface area contributed by atoms with E-state index in [0.717, 1.165) is 16.5 Å². The number of pyridine rings is 1. The Morgan fingerprint density at radius 2 is 1.85 bits per heavy atom. The Kier molecular flexibility index (Phi) is 5.70. The van der Waals surface area contributed by atoms with Gasteiger partial charge in [-0.25, -0.2) is 10.0 Å². The van der Waals surface area contributed by atoms with Crippen molar-refractivity contribution in [3.63, 3.8) is 0 Å². The van der Waals surface area contributed by atoms with Crippen LogP contribution in [-0.2, 0) is 0 Å². The number of hydrogen-bond donors (Lipinski definition) is 0. The van der Waals surface area contributed by atoms with Gasteiger partial charge in [0.25, 0.3) is 0 Å². The molecular formula is C24H18F3N5O. The summed E-state index contributed by atoms with van der Waals surface area (Å²) in [5.74, 6) is -0.322. The second kappa shape index (κ2) is 8.62. The molecule has 0 atom stereocenters. The van der Waals surface area contributed by atoms with Crippen LogP contribution in [0, 0.1) is 0 Å². The van der Waals surface area contributed by atoms with Gasteiger partial charge in [0.2, 0.25) is 0 Å². The van der Waals surface area contributed by atoms with Gasteiger partial charge in [-0.2, -0.15) is 10.2 Å². The molecule has 1 aliphatic rings. The summed E-state index contributed by atoms with van der Waals surface area (Å²) in [7, 11) is 0. The van der Waals surface area contributed by atoms with Gasteiger partial charge in [0.15, 0.2) is 0 Å². The zero-order valence-electron chi connectivity index (χ0n) is 17.3. The van der Waals surface area contributed by atoms with E-state index in [-0.39, 0.29) is 5.75 Å². The smallest absolute Gasteiger partial charge is 0.406 e. The molecule has 33 heavy (non-hydrogen) atoms. The van der Waals surface area contributed by atoms with Crippen molar-refractivity contribution in [1.29, 1.82) is 0 Å². The number of benzene rings is 2. The molecule has 0 fully saturated rings. The Hall–Kier alpha value is -4.40. The Morgan fingerprint density at radius 3 is 2.55 bits per heavy atom. The molecule has 166 valence electrons. The number of fused-ring (bicyclic) bond motifs is 1. The van der Waals surface area contributed by atoms with E-state index in [4.69, 9.17) is 0 Å². The maximum Gasteiger partial charge on any atom is 0.573 e. The van der Waals surface area contributed by atoms with Gasteiger partial charge < -0.3 is 4.74 Å². The van der Waals surface area contributed by atoms with Crippen molar-refractivity contribution in [2.24, 2.45) is 10.2 Å². The summed E-state index contributed by atoms with van der Waals surface area (Å²) in [6, 6.07) is 12.9. The molecule has 2 aromatic carbocycles. The molecule has 3 aromatic rings. The van der Waals surface area contributed by atoms with Crippen molar-refractivity contribution < 1.29 is 17.9 Å². The van der Waals surface area contributed by atoms with E-state index in [2.05, 4.69) is 39.8 Å². The average molecular weight is 449 g/mol. The number of hydrazone groups is 2. The molecule has 0 saturated heterocycles. The summed E-state index contributed by atoms with van der Waals surface area (Å²) in [6.45, 7) is 11.8. The second-order valence-corrected chi connectivity index (χ2v) is 6.95. The molecule has 0 spiro atoms. The molecule has 0 radical (unpaired) electrons. The molecule has 0 saturated carbocycles. The van der Waals surface area contributed by atoms with Gasteiger partial charge in [0, 0.05) is 36.1 Å². The summed E-state index contributed by atoms with van der Waals surface area (Å²) < 4.78 is 41.2. The van der Waals surface area contributed by atoms with Crippen LogP contribution >= 0.6 is 0 Å². The van der Waals surface area contributed by atoms with Crippen LogP contribution in [0.5, 0.6) is 5.75 Å². The maximum absolute atomic E-state index is 12.4. The van der Waals surface area contributed by atoms with Crippen molar-refractivity contribution in [3.05, 3.63) is 97.6 Å². The van der Waals surface area contributed by atoms with E-state index in [9.17, 15) is 13.2 Å². The molecule has 2 heterocycles. The molecule has 0 aliphatic carbocycles. The summed E-state index contributed by atoms with van der Waals surface area (Å²) in [5, 5.41) is 13.6. The van der Waals surface area contributed by atoms with E-state index >= 15 is 0 Å². The van der Waals surface area contributed by atoms with Crippen LogP contribution in [0.2, 0.25) is 0 Å². The van der Waals surface area contributed by atoms with Gasteiger partial charge >= 0.3 is 6.36 Å². The van der Waals surface area contributed by atoms with Crippen molar-refractivity contribution >= 4 is 34.6 Å². The first-order valence-corrected chi connectivity index (χ1v) is 9.67. The molecule has 0 bridgehead atoms. The summed E-state index contributed by atoms with van der Waals surface area (Å²) in [4.78, 5) is 4.14. The lowest BCUT2D eigenvalue weighted by molar-refractivity contribution is -0.274. The van der Waals surface area contributed by atoms with Crippen LogP contribution in [-0.4, -0.2) is 23.8 Å². The molecule has 4 rings (SSSR count). The van der Waals surface area contributed by atoms with Crippen molar-refractivity contribution in [2.75, 3.05) is 10.0 Å². The Balaban J connectivity index is 1.65. The number of hydrogen-bond acceptors (Lipinski definition) is 6. The number of ether oxygens (including phenoxy) is 1. The highest BCUT2D eigenvalue weighted by Crippen LogP contribution is 2.32. The fourth-order valence-corrected chi connectivity index (χ4v) is 3.33. The maximum atomic E-state index is 12.4. The third-order valence-corrected chi connectivity index (χ3v) is 4.82. The number of nitrogens with zero attached hydrogens (tertiary/aromatic N) is 5. The van der Waals surface area contributed by atoms with E-state index in [0.29, 0.717) is 22.7 Å². The number of aromatic nitrogens is 1. The first kappa shape index (κ1) is 21.8.